The zero-order chi connectivity index (χ0) is 7.61. The van der Waals surface area contributed by atoms with Crippen molar-refractivity contribution in [2.75, 3.05) is 12.3 Å². The van der Waals surface area contributed by atoms with Crippen molar-refractivity contribution in [1.82, 2.24) is 0 Å². The Bertz CT molecular complexity index is 274. The molecule has 0 fully saturated rings. The fraction of sp³-hybridized carbons (Fsp3) is 0.500. The van der Waals surface area contributed by atoms with Crippen molar-refractivity contribution in [3.05, 3.63) is 11.0 Å². The third-order valence-electron chi connectivity index (χ3n) is 1.39. The summed E-state index contributed by atoms with van der Waals surface area (Å²) in [5, 5.41) is 0. The monoisotopic (exact) mass is 159 g/mol. The topological polar surface area (TPSA) is 46.5 Å². The highest BCUT2D eigenvalue weighted by Crippen LogP contribution is 2.10. The first kappa shape index (κ1) is 7.47. The van der Waals surface area contributed by atoms with E-state index in [1.807, 2.05) is 0 Å². The number of rotatable bonds is 2. The molecule has 4 heteroatoms. The van der Waals surface area contributed by atoms with Gasteiger partial charge in [0.05, 0.1) is 17.2 Å². The summed E-state index contributed by atoms with van der Waals surface area (Å²) in [5.74, 6) is 0.169. The maximum absolute atomic E-state index is 11.1. The molecule has 1 aliphatic heterocycles. The molecular formula is C6H9NO2S. The molecule has 0 aliphatic carbocycles. The molecule has 1 rings (SSSR count). The van der Waals surface area contributed by atoms with E-state index in [4.69, 9.17) is 0 Å². The Hall–Kier alpha value is -0.640. The quantitative estimate of drug-likeness (QED) is 0.585. The first-order chi connectivity index (χ1) is 4.67. The van der Waals surface area contributed by atoms with Crippen LogP contribution < -0.4 is 0 Å². The summed E-state index contributed by atoms with van der Waals surface area (Å²) < 4.78 is 22.1. The van der Waals surface area contributed by atoms with Gasteiger partial charge in [-0.15, -0.1) is 0 Å². The third kappa shape index (κ3) is 1.26. The Labute approximate surface area is 60.4 Å². The lowest BCUT2D eigenvalue weighted by atomic mass is 10.6. The van der Waals surface area contributed by atoms with Crippen LogP contribution in [0.25, 0.3) is 0 Å². The van der Waals surface area contributed by atoms with Gasteiger partial charge in [0.15, 0.2) is 9.84 Å². The van der Waals surface area contributed by atoms with Crippen molar-refractivity contribution in [1.29, 1.82) is 0 Å². The molecule has 0 radical (unpaired) electrons. The molecule has 0 amide bonds. The van der Waals surface area contributed by atoms with Crippen LogP contribution in [0, 0.1) is 0 Å². The summed E-state index contributed by atoms with van der Waals surface area (Å²) in [7, 11) is -2.96. The summed E-state index contributed by atoms with van der Waals surface area (Å²) >= 11 is 0. The van der Waals surface area contributed by atoms with Gasteiger partial charge in [-0.25, -0.2) is 8.42 Å². The molecule has 10 heavy (non-hydrogen) atoms. The number of sulfone groups is 1. The first-order valence-electron chi connectivity index (χ1n) is 3.08. The predicted octanol–water partition coefficient (Wildman–Crippen LogP) is 0.389. The second-order valence-electron chi connectivity index (χ2n) is 2.03. The number of aliphatic imine (C=N–C) groups is 1. The Balaban J connectivity index is 2.87. The van der Waals surface area contributed by atoms with Crippen LogP contribution in [0.3, 0.4) is 0 Å². The minimum Gasteiger partial charge on any atom is -0.288 e. The van der Waals surface area contributed by atoms with E-state index in [2.05, 4.69) is 4.99 Å². The van der Waals surface area contributed by atoms with Crippen molar-refractivity contribution < 1.29 is 8.42 Å². The number of allylic oxidation sites excluding steroid dienone is 1. The van der Waals surface area contributed by atoms with Crippen LogP contribution in [0.15, 0.2) is 16.0 Å². The van der Waals surface area contributed by atoms with Crippen molar-refractivity contribution >= 4 is 16.1 Å². The largest absolute Gasteiger partial charge is 0.288 e. The normalized spacial score (nSPS) is 17.5. The van der Waals surface area contributed by atoms with Crippen LogP contribution >= 0.6 is 0 Å². The first-order valence-corrected chi connectivity index (χ1v) is 4.74. The minimum absolute atomic E-state index is 0.169. The van der Waals surface area contributed by atoms with Crippen molar-refractivity contribution in [2.24, 2.45) is 4.99 Å². The summed E-state index contributed by atoms with van der Waals surface area (Å²) in [6.07, 6.45) is 3.08. The van der Waals surface area contributed by atoms with E-state index in [1.165, 1.54) is 6.21 Å². The molecule has 0 aromatic carbocycles. The van der Waals surface area contributed by atoms with Crippen LogP contribution in [-0.4, -0.2) is 26.9 Å². The van der Waals surface area contributed by atoms with E-state index in [9.17, 15) is 8.42 Å². The van der Waals surface area contributed by atoms with Gasteiger partial charge in [-0.05, 0) is 6.08 Å². The molecular weight excluding hydrogens is 150 g/mol. The van der Waals surface area contributed by atoms with Gasteiger partial charge < -0.3 is 0 Å². The second kappa shape index (κ2) is 2.54. The summed E-state index contributed by atoms with van der Waals surface area (Å²) in [6, 6.07) is 0. The molecule has 1 aliphatic rings. The molecule has 0 aromatic rings. The lowest BCUT2D eigenvalue weighted by Gasteiger charge is -1.97. The summed E-state index contributed by atoms with van der Waals surface area (Å²) in [5.41, 5.74) is 0. The van der Waals surface area contributed by atoms with Gasteiger partial charge >= 0.3 is 0 Å². The van der Waals surface area contributed by atoms with Crippen LogP contribution in [-0.2, 0) is 9.84 Å². The van der Waals surface area contributed by atoms with E-state index in [0.29, 0.717) is 11.4 Å². The van der Waals surface area contributed by atoms with Gasteiger partial charge in [-0.1, -0.05) is 6.92 Å². The Morgan fingerprint density at radius 3 is 2.80 bits per heavy atom. The highest BCUT2D eigenvalue weighted by atomic mass is 32.2. The molecule has 0 N–H and O–H groups in total. The SMILES string of the molecule is CCS(=O)(=O)C1=CC=NC1. The lowest BCUT2D eigenvalue weighted by Crippen LogP contribution is -2.07. The fourth-order valence-electron chi connectivity index (χ4n) is 0.719. The van der Waals surface area contributed by atoms with Crippen molar-refractivity contribution in [3.63, 3.8) is 0 Å². The van der Waals surface area contributed by atoms with Crippen LogP contribution in [0.1, 0.15) is 6.92 Å². The molecule has 56 valence electrons. The van der Waals surface area contributed by atoms with Gasteiger partial charge in [0, 0.05) is 6.21 Å². The predicted molar refractivity (Wildman–Crippen MR) is 40.9 cm³/mol. The molecule has 0 bridgehead atoms. The zero-order valence-corrected chi connectivity index (χ0v) is 6.56. The van der Waals surface area contributed by atoms with E-state index >= 15 is 0 Å². The van der Waals surface area contributed by atoms with Gasteiger partial charge in [-0.3, -0.25) is 4.99 Å². The standard InChI is InChI=1S/C6H9NO2S/c1-2-10(8,9)6-3-4-7-5-6/h3-4H,2,5H2,1H3. The number of nitrogens with zero attached hydrogens (tertiary/aromatic N) is 1. The van der Waals surface area contributed by atoms with Gasteiger partial charge in [0.2, 0.25) is 0 Å². The molecule has 0 atom stereocenters. The van der Waals surface area contributed by atoms with Gasteiger partial charge in [0.25, 0.3) is 0 Å². The lowest BCUT2D eigenvalue weighted by molar-refractivity contribution is 0.602. The van der Waals surface area contributed by atoms with Crippen molar-refractivity contribution in [2.45, 2.75) is 6.92 Å². The average molecular weight is 159 g/mol. The van der Waals surface area contributed by atoms with E-state index in [0.717, 1.165) is 0 Å². The maximum Gasteiger partial charge on any atom is 0.176 e. The summed E-state index contributed by atoms with van der Waals surface area (Å²) in [4.78, 5) is 4.22. The Kier molecular flexibility index (Phi) is 1.89. The van der Waals surface area contributed by atoms with Crippen LogP contribution in [0.5, 0.6) is 0 Å². The van der Waals surface area contributed by atoms with Crippen LogP contribution in [0.4, 0.5) is 0 Å². The number of hydrogen-bond acceptors (Lipinski definition) is 3. The molecule has 0 saturated carbocycles. The zero-order valence-electron chi connectivity index (χ0n) is 5.74. The smallest absolute Gasteiger partial charge is 0.176 e. The Morgan fingerprint density at radius 1 is 1.70 bits per heavy atom. The van der Waals surface area contributed by atoms with E-state index in [1.54, 1.807) is 13.0 Å². The molecule has 3 nitrogen and oxygen atoms in total. The van der Waals surface area contributed by atoms with Crippen LogP contribution in [0.2, 0.25) is 0 Å². The number of hydrogen-bond donors (Lipinski definition) is 0. The highest BCUT2D eigenvalue weighted by Gasteiger charge is 2.15. The minimum atomic E-state index is -2.96. The third-order valence-corrected chi connectivity index (χ3v) is 3.22. The molecule has 0 unspecified atom stereocenters. The highest BCUT2D eigenvalue weighted by molar-refractivity contribution is 7.95. The molecule has 1 heterocycles. The average Bonchev–Trinajstić information content (AvgIpc) is 2.38. The Morgan fingerprint density at radius 2 is 2.40 bits per heavy atom. The van der Waals surface area contributed by atoms with E-state index in [-0.39, 0.29) is 5.75 Å². The molecule has 0 aromatic heterocycles. The fourth-order valence-corrected chi connectivity index (χ4v) is 1.63. The second-order valence-corrected chi connectivity index (χ2v) is 4.36. The van der Waals surface area contributed by atoms with E-state index < -0.39 is 9.84 Å². The molecule has 0 spiro atoms. The van der Waals surface area contributed by atoms with Crippen molar-refractivity contribution in [3.8, 4) is 0 Å². The molecule has 0 saturated heterocycles. The van der Waals surface area contributed by atoms with Gasteiger partial charge in [0.1, 0.15) is 0 Å². The maximum atomic E-state index is 11.1. The van der Waals surface area contributed by atoms with Gasteiger partial charge in [-0.2, -0.15) is 0 Å². The summed E-state index contributed by atoms with van der Waals surface area (Å²) in [6.45, 7) is 1.96.